The Balaban J connectivity index is 2.36. The van der Waals surface area contributed by atoms with E-state index in [1.54, 1.807) is 30.5 Å². The zero-order chi connectivity index (χ0) is 12.3. The van der Waals surface area contributed by atoms with Crippen LogP contribution in [0.1, 0.15) is 17.3 Å². The van der Waals surface area contributed by atoms with Gasteiger partial charge in [-0.05, 0) is 25.1 Å². The summed E-state index contributed by atoms with van der Waals surface area (Å²) in [6.07, 6.45) is 2.94. The molecule has 0 spiro atoms. The number of anilines is 1. The zero-order valence-electron chi connectivity index (χ0n) is 9.25. The lowest BCUT2D eigenvalue weighted by molar-refractivity contribution is 0.101. The minimum absolute atomic E-state index is 0.110. The average Bonchev–Trinajstić information content (AvgIpc) is 2.32. The number of carbonyl (C=O) groups excluding carboxylic acids is 1. The number of Topliss-reactive ketones (excluding diaryl/α,β-unsaturated/α-hetero) is 1. The van der Waals surface area contributed by atoms with Crippen molar-refractivity contribution in [3.05, 3.63) is 42.4 Å². The summed E-state index contributed by atoms with van der Waals surface area (Å²) < 4.78 is 5.50. The van der Waals surface area contributed by atoms with Gasteiger partial charge in [0.1, 0.15) is 12.1 Å². The van der Waals surface area contributed by atoms with Crippen LogP contribution < -0.4 is 10.5 Å². The van der Waals surface area contributed by atoms with Crippen LogP contribution >= 0.6 is 0 Å². The van der Waals surface area contributed by atoms with Crippen LogP contribution in [0, 0.1) is 0 Å². The van der Waals surface area contributed by atoms with E-state index in [4.69, 9.17) is 10.5 Å². The summed E-state index contributed by atoms with van der Waals surface area (Å²) in [7, 11) is 0. The Hall–Kier alpha value is -2.43. The summed E-state index contributed by atoms with van der Waals surface area (Å²) in [4.78, 5) is 19.1. The van der Waals surface area contributed by atoms with E-state index in [1.165, 1.54) is 13.3 Å². The summed E-state index contributed by atoms with van der Waals surface area (Å²) in [6.45, 7) is 1.46. The predicted octanol–water partition coefficient (Wildman–Crippen LogP) is 2.05. The lowest BCUT2D eigenvalue weighted by Crippen LogP contribution is -1.99. The first-order chi connectivity index (χ1) is 8.16. The fourth-order valence-electron chi connectivity index (χ4n) is 1.36. The molecule has 0 unspecified atom stereocenters. The fraction of sp³-hybridized carbons (Fsp3) is 0.0833. The minimum Gasteiger partial charge on any atom is -0.438 e. The van der Waals surface area contributed by atoms with E-state index < -0.39 is 0 Å². The van der Waals surface area contributed by atoms with Crippen molar-refractivity contribution in [1.29, 1.82) is 0 Å². The second kappa shape index (κ2) is 4.61. The lowest BCUT2D eigenvalue weighted by Gasteiger charge is -2.08. The molecule has 0 amide bonds. The summed E-state index contributed by atoms with van der Waals surface area (Å²) >= 11 is 0. The molecule has 0 atom stereocenters. The molecule has 5 nitrogen and oxygen atoms in total. The molecular formula is C12H11N3O2. The Morgan fingerprint density at radius 1 is 1.35 bits per heavy atom. The molecule has 0 saturated carbocycles. The highest BCUT2D eigenvalue weighted by molar-refractivity contribution is 5.97. The van der Waals surface area contributed by atoms with Gasteiger partial charge >= 0.3 is 0 Å². The molecule has 2 rings (SSSR count). The standard InChI is InChI=1S/C12H11N3O2/c1-8(16)10-6-9(13)2-3-11(10)17-12-4-5-14-7-15-12/h2-7H,13H2,1H3. The van der Waals surface area contributed by atoms with E-state index >= 15 is 0 Å². The maximum Gasteiger partial charge on any atom is 0.222 e. The Morgan fingerprint density at radius 2 is 2.18 bits per heavy atom. The van der Waals surface area contributed by atoms with Crippen molar-refractivity contribution in [3.63, 3.8) is 0 Å². The van der Waals surface area contributed by atoms with E-state index in [9.17, 15) is 4.79 Å². The van der Waals surface area contributed by atoms with Crippen LogP contribution in [0.3, 0.4) is 0 Å². The molecule has 1 heterocycles. The van der Waals surface area contributed by atoms with Crippen molar-refractivity contribution in [3.8, 4) is 11.6 Å². The van der Waals surface area contributed by atoms with Crippen molar-refractivity contribution < 1.29 is 9.53 Å². The third-order valence-corrected chi connectivity index (χ3v) is 2.15. The van der Waals surface area contributed by atoms with Gasteiger partial charge in [0.15, 0.2) is 5.78 Å². The van der Waals surface area contributed by atoms with Crippen LogP contribution in [0.4, 0.5) is 5.69 Å². The number of ketones is 1. The van der Waals surface area contributed by atoms with Crippen LogP contribution in [0.15, 0.2) is 36.8 Å². The Morgan fingerprint density at radius 3 is 2.82 bits per heavy atom. The van der Waals surface area contributed by atoms with Gasteiger partial charge in [0.25, 0.3) is 0 Å². The van der Waals surface area contributed by atoms with E-state index in [0.717, 1.165) is 0 Å². The summed E-state index contributed by atoms with van der Waals surface area (Å²) in [5.74, 6) is 0.707. The quantitative estimate of drug-likeness (QED) is 0.643. The number of carbonyl (C=O) groups is 1. The molecule has 0 aliphatic carbocycles. The smallest absolute Gasteiger partial charge is 0.222 e. The number of hydrogen-bond donors (Lipinski definition) is 1. The van der Waals surface area contributed by atoms with E-state index in [0.29, 0.717) is 22.9 Å². The van der Waals surface area contributed by atoms with Crippen LogP contribution in [0.2, 0.25) is 0 Å². The van der Waals surface area contributed by atoms with Crippen molar-refractivity contribution in [2.24, 2.45) is 0 Å². The largest absolute Gasteiger partial charge is 0.438 e. The molecule has 0 aliphatic heterocycles. The normalized spacial score (nSPS) is 9.94. The molecule has 0 radical (unpaired) electrons. The molecule has 2 N–H and O–H groups in total. The van der Waals surface area contributed by atoms with Crippen molar-refractivity contribution in [1.82, 2.24) is 9.97 Å². The highest BCUT2D eigenvalue weighted by atomic mass is 16.5. The predicted molar refractivity (Wildman–Crippen MR) is 63.0 cm³/mol. The number of hydrogen-bond acceptors (Lipinski definition) is 5. The number of aromatic nitrogens is 2. The Labute approximate surface area is 98.3 Å². The van der Waals surface area contributed by atoms with Gasteiger partial charge in [-0.2, -0.15) is 0 Å². The van der Waals surface area contributed by atoms with Gasteiger partial charge in [-0.15, -0.1) is 0 Å². The van der Waals surface area contributed by atoms with E-state index in [1.807, 2.05) is 0 Å². The molecular weight excluding hydrogens is 218 g/mol. The van der Waals surface area contributed by atoms with Gasteiger partial charge in [0.2, 0.25) is 5.88 Å². The maximum atomic E-state index is 11.4. The first-order valence-corrected chi connectivity index (χ1v) is 5.01. The summed E-state index contributed by atoms with van der Waals surface area (Å²) in [5, 5.41) is 0. The zero-order valence-corrected chi connectivity index (χ0v) is 9.25. The first-order valence-electron chi connectivity index (χ1n) is 5.01. The molecule has 1 aromatic carbocycles. The van der Waals surface area contributed by atoms with Crippen molar-refractivity contribution >= 4 is 11.5 Å². The number of nitrogen functional groups attached to an aromatic ring is 1. The molecule has 0 bridgehead atoms. The summed E-state index contributed by atoms with van der Waals surface area (Å²) in [5.41, 5.74) is 6.58. The third-order valence-electron chi connectivity index (χ3n) is 2.15. The van der Waals surface area contributed by atoms with E-state index in [2.05, 4.69) is 9.97 Å². The molecule has 17 heavy (non-hydrogen) atoms. The molecule has 1 aromatic heterocycles. The van der Waals surface area contributed by atoms with Gasteiger partial charge < -0.3 is 10.5 Å². The van der Waals surface area contributed by atoms with Crippen molar-refractivity contribution in [2.75, 3.05) is 5.73 Å². The summed E-state index contributed by atoms with van der Waals surface area (Å²) in [6, 6.07) is 6.51. The Bertz CT molecular complexity index is 541. The minimum atomic E-state index is -0.110. The molecule has 0 saturated heterocycles. The van der Waals surface area contributed by atoms with Gasteiger partial charge in [-0.1, -0.05) is 0 Å². The topological polar surface area (TPSA) is 78.1 Å². The van der Waals surface area contributed by atoms with Crippen LogP contribution in [0.25, 0.3) is 0 Å². The highest BCUT2D eigenvalue weighted by Crippen LogP contribution is 2.25. The van der Waals surface area contributed by atoms with E-state index in [-0.39, 0.29) is 5.78 Å². The third kappa shape index (κ3) is 2.57. The molecule has 86 valence electrons. The van der Waals surface area contributed by atoms with Gasteiger partial charge in [0.05, 0.1) is 5.56 Å². The molecule has 2 aromatic rings. The number of rotatable bonds is 3. The Kier molecular flexibility index (Phi) is 3.00. The number of ether oxygens (including phenoxy) is 1. The van der Waals surface area contributed by atoms with Crippen molar-refractivity contribution in [2.45, 2.75) is 6.92 Å². The maximum absolute atomic E-state index is 11.4. The second-order valence-corrected chi connectivity index (χ2v) is 3.46. The first kappa shape index (κ1) is 11.1. The number of nitrogens with zero attached hydrogens (tertiary/aromatic N) is 2. The van der Waals surface area contributed by atoms with Gasteiger partial charge in [0, 0.05) is 18.0 Å². The average molecular weight is 229 g/mol. The SMILES string of the molecule is CC(=O)c1cc(N)ccc1Oc1ccncn1. The fourth-order valence-corrected chi connectivity index (χ4v) is 1.36. The molecule has 0 aliphatic rings. The number of nitrogens with two attached hydrogens (primary N) is 1. The van der Waals surface area contributed by atoms with Gasteiger partial charge in [-0.25, -0.2) is 9.97 Å². The van der Waals surface area contributed by atoms with Crippen LogP contribution in [0.5, 0.6) is 11.6 Å². The van der Waals surface area contributed by atoms with Crippen LogP contribution in [-0.4, -0.2) is 15.8 Å². The highest BCUT2D eigenvalue weighted by Gasteiger charge is 2.10. The molecule has 0 fully saturated rings. The second-order valence-electron chi connectivity index (χ2n) is 3.46. The van der Waals surface area contributed by atoms with Gasteiger partial charge in [-0.3, -0.25) is 4.79 Å². The number of benzene rings is 1. The lowest BCUT2D eigenvalue weighted by atomic mass is 10.1. The monoisotopic (exact) mass is 229 g/mol. The van der Waals surface area contributed by atoms with Crippen LogP contribution in [-0.2, 0) is 0 Å². The molecule has 5 heteroatoms.